The Bertz CT molecular complexity index is 441. The van der Waals surface area contributed by atoms with Crippen molar-refractivity contribution in [2.24, 2.45) is 0 Å². The molecule has 92 valence electrons. The molecule has 1 aromatic rings. The molecular formula is C12H13BrO4. The minimum absolute atomic E-state index is 0.0235. The van der Waals surface area contributed by atoms with E-state index in [-0.39, 0.29) is 12.7 Å². The second kappa shape index (κ2) is 4.96. The second-order valence-corrected chi connectivity index (χ2v) is 4.70. The molecule has 2 rings (SSSR count). The van der Waals surface area contributed by atoms with E-state index < -0.39 is 0 Å². The first-order valence-corrected chi connectivity index (χ1v) is 6.08. The second-order valence-electron chi connectivity index (χ2n) is 3.84. The fraction of sp³-hybridized carbons (Fsp3) is 0.417. The molecule has 0 bridgehead atoms. The summed E-state index contributed by atoms with van der Waals surface area (Å²) < 4.78 is 17.0. The number of methoxy groups -OCH3 is 1. The highest BCUT2D eigenvalue weighted by Gasteiger charge is 2.27. The van der Waals surface area contributed by atoms with Gasteiger partial charge in [0.25, 0.3) is 0 Å². The van der Waals surface area contributed by atoms with Gasteiger partial charge < -0.3 is 19.0 Å². The third-order valence-electron chi connectivity index (χ3n) is 2.75. The zero-order valence-electron chi connectivity index (χ0n) is 9.66. The van der Waals surface area contributed by atoms with E-state index >= 15 is 0 Å². The SMILES string of the molecule is COc1c(Br)cc2c(c1C(C)CC=O)OCO2. The van der Waals surface area contributed by atoms with Gasteiger partial charge in [0.15, 0.2) is 11.5 Å². The Hall–Kier alpha value is -1.23. The van der Waals surface area contributed by atoms with Crippen molar-refractivity contribution in [2.75, 3.05) is 13.9 Å². The number of aldehydes is 1. The molecule has 1 atom stereocenters. The van der Waals surface area contributed by atoms with E-state index in [0.717, 1.165) is 16.3 Å². The molecule has 0 aromatic heterocycles. The van der Waals surface area contributed by atoms with Crippen molar-refractivity contribution in [3.63, 3.8) is 0 Å². The molecule has 0 radical (unpaired) electrons. The molecule has 17 heavy (non-hydrogen) atoms. The molecule has 1 heterocycles. The Morgan fingerprint density at radius 1 is 1.59 bits per heavy atom. The number of halogens is 1. The topological polar surface area (TPSA) is 44.8 Å². The van der Waals surface area contributed by atoms with Crippen LogP contribution in [-0.2, 0) is 4.79 Å². The van der Waals surface area contributed by atoms with Gasteiger partial charge in [-0.2, -0.15) is 0 Å². The van der Waals surface area contributed by atoms with Gasteiger partial charge in [-0.05, 0) is 21.8 Å². The summed E-state index contributed by atoms with van der Waals surface area (Å²) in [6, 6.07) is 1.82. The van der Waals surface area contributed by atoms with Crippen molar-refractivity contribution in [2.45, 2.75) is 19.3 Å². The van der Waals surface area contributed by atoms with Crippen LogP contribution in [0.2, 0.25) is 0 Å². The Morgan fingerprint density at radius 2 is 2.35 bits per heavy atom. The van der Waals surface area contributed by atoms with Crippen LogP contribution in [0.4, 0.5) is 0 Å². The maximum Gasteiger partial charge on any atom is 0.231 e. The summed E-state index contributed by atoms with van der Waals surface area (Å²) in [5, 5.41) is 0. The van der Waals surface area contributed by atoms with E-state index in [2.05, 4.69) is 15.9 Å². The van der Waals surface area contributed by atoms with E-state index in [1.54, 1.807) is 7.11 Å². The van der Waals surface area contributed by atoms with Gasteiger partial charge in [0.05, 0.1) is 11.6 Å². The van der Waals surface area contributed by atoms with Gasteiger partial charge in [-0.25, -0.2) is 0 Å². The molecule has 4 nitrogen and oxygen atoms in total. The Balaban J connectivity index is 2.56. The summed E-state index contributed by atoms with van der Waals surface area (Å²) in [7, 11) is 1.60. The van der Waals surface area contributed by atoms with Crippen LogP contribution in [-0.4, -0.2) is 20.2 Å². The van der Waals surface area contributed by atoms with E-state index in [0.29, 0.717) is 23.7 Å². The van der Waals surface area contributed by atoms with Gasteiger partial charge in [-0.15, -0.1) is 0 Å². The monoisotopic (exact) mass is 300 g/mol. The van der Waals surface area contributed by atoms with Gasteiger partial charge in [-0.3, -0.25) is 0 Å². The zero-order chi connectivity index (χ0) is 12.4. The molecule has 0 fully saturated rings. The van der Waals surface area contributed by atoms with Crippen LogP contribution in [0.1, 0.15) is 24.8 Å². The molecule has 0 amide bonds. The van der Waals surface area contributed by atoms with Crippen LogP contribution >= 0.6 is 15.9 Å². The molecule has 1 aromatic carbocycles. The number of benzene rings is 1. The average molecular weight is 301 g/mol. The first-order valence-electron chi connectivity index (χ1n) is 5.28. The van der Waals surface area contributed by atoms with Crippen LogP contribution in [0.25, 0.3) is 0 Å². The molecule has 0 spiro atoms. The lowest BCUT2D eigenvalue weighted by Crippen LogP contribution is -2.02. The summed E-state index contributed by atoms with van der Waals surface area (Å²) in [5.74, 6) is 2.09. The van der Waals surface area contributed by atoms with Crippen LogP contribution < -0.4 is 14.2 Å². The lowest BCUT2D eigenvalue weighted by atomic mass is 9.96. The summed E-state index contributed by atoms with van der Waals surface area (Å²) in [6.07, 6.45) is 1.32. The van der Waals surface area contributed by atoms with Crippen molar-refractivity contribution in [1.82, 2.24) is 0 Å². The molecule has 1 aliphatic rings. The first kappa shape index (κ1) is 12.2. The summed E-state index contributed by atoms with van der Waals surface area (Å²) >= 11 is 3.43. The van der Waals surface area contributed by atoms with Crippen LogP contribution in [0, 0.1) is 0 Å². The Kier molecular flexibility index (Phi) is 3.57. The lowest BCUT2D eigenvalue weighted by Gasteiger charge is -2.17. The van der Waals surface area contributed by atoms with Crippen LogP contribution in [0.15, 0.2) is 10.5 Å². The van der Waals surface area contributed by atoms with Gasteiger partial charge in [0.2, 0.25) is 6.79 Å². The van der Waals surface area contributed by atoms with E-state index in [1.807, 2.05) is 13.0 Å². The van der Waals surface area contributed by atoms with Crippen molar-refractivity contribution < 1.29 is 19.0 Å². The Labute approximate surface area is 108 Å². The standard InChI is InChI=1S/C12H13BrO4/c1-7(3-4-14)10-11(15-2)8(13)5-9-12(10)17-6-16-9/h4-5,7H,3,6H2,1-2H3. The highest BCUT2D eigenvalue weighted by atomic mass is 79.9. The van der Waals surface area contributed by atoms with Crippen LogP contribution in [0.5, 0.6) is 17.2 Å². The quantitative estimate of drug-likeness (QED) is 0.802. The minimum atomic E-state index is 0.0235. The molecule has 0 aliphatic carbocycles. The van der Waals surface area contributed by atoms with Crippen molar-refractivity contribution in [3.8, 4) is 17.2 Å². The molecule has 0 N–H and O–H groups in total. The van der Waals surface area contributed by atoms with Crippen molar-refractivity contribution in [1.29, 1.82) is 0 Å². The van der Waals surface area contributed by atoms with E-state index in [1.165, 1.54) is 0 Å². The molecule has 5 heteroatoms. The largest absolute Gasteiger partial charge is 0.495 e. The van der Waals surface area contributed by atoms with Gasteiger partial charge in [-0.1, -0.05) is 6.92 Å². The fourth-order valence-corrected chi connectivity index (χ4v) is 2.52. The number of ether oxygens (including phenoxy) is 3. The fourth-order valence-electron chi connectivity index (χ4n) is 1.94. The Morgan fingerprint density at radius 3 is 3.00 bits per heavy atom. The highest BCUT2D eigenvalue weighted by Crippen LogP contribution is 2.48. The maximum absolute atomic E-state index is 10.6. The number of hydrogen-bond donors (Lipinski definition) is 0. The molecule has 1 aliphatic heterocycles. The summed E-state index contributed by atoms with van der Waals surface area (Å²) in [5.41, 5.74) is 0.876. The molecule has 1 unspecified atom stereocenters. The number of rotatable bonds is 4. The normalized spacial score (nSPS) is 14.5. The van der Waals surface area contributed by atoms with Crippen molar-refractivity contribution in [3.05, 3.63) is 16.1 Å². The van der Waals surface area contributed by atoms with Crippen LogP contribution in [0.3, 0.4) is 0 Å². The zero-order valence-corrected chi connectivity index (χ0v) is 11.2. The predicted octanol–water partition coefficient (Wildman–Crippen LogP) is 2.88. The van der Waals surface area contributed by atoms with E-state index in [4.69, 9.17) is 14.2 Å². The molecule has 0 saturated heterocycles. The predicted molar refractivity (Wildman–Crippen MR) is 65.9 cm³/mol. The number of hydrogen-bond acceptors (Lipinski definition) is 4. The molecular weight excluding hydrogens is 288 g/mol. The first-order chi connectivity index (χ1) is 8.19. The summed E-state index contributed by atoms with van der Waals surface area (Å²) in [4.78, 5) is 10.6. The highest BCUT2D eigenvalue weighted by molar-refractivity contribution is 9.10. The lowest BCUT2D eigenvalue weighted by molar-refractivity contribution is -0.108. The minimum Gasteiger partial charge on any atom is -0.495 e. The smallest absolute Gasteiger partial charge is 0.231 e. The molecule has 0 saturated carbocycles. The third-order valence-corrected chi connectivity index (χ3v) is 3.34. The van der Waals surface area contributed by atoms with Gasteiger partial charge in [0.1, 0.15) is 12.0 Å². The maximum atomic E-state index is 10.6. The number of carbonyl (C=O) groups is 1. The average Bonchev–Trinajstić information content (AvgIpc) is 2.74. The van der Waals surface area contributed by atoms with Gasteiger partial charge in [0, 0.05) is 18.1 Å². The van der Waals surface area contributed by atoms with Crippen molar-refractivity contribution >= 4 is 22.2 Å². The summed E-state index contributed by atoms with van der Waals surface area (Å²) in [6.45, 7) is 2.16. The number of fused-ring (bicyclic) bond motifs is 1. The number of carbonyl (C=O) groups excluding carboxylic acids is 1. The van der Waals surface area contributed by atoms with Gasteiger partial charge >= 0.3 is 0 Å². The van der Waals surface area contributed by atoms with E-state index in [9.17, 15) is 4.79 Å². The third kappa shape index (κ3) is 2.11.